The first-order valence-electron chi connectivity index (χ1n) is 12.5. The van der Waals surface area contributed by atoms with E-state index >= 15 is 0 Å². The summed E-state index contributed by atoms with van der Waals surface area (Å²) in [5.41, 5.74) is -4.06. The monoisotopic (exact) mass is 579 g/mol. The highest BCUT2D eigenvalue weighted by molar-refractivity contribution is 6.31. The highest BCUT2D eigenvalue weighted by Gasteiger charge is 2.49. The van der Waals surface area contributed by atoms with Crippen molar-refractivity contribution in [1.82, 2.24) is 5.32 Å². The van der Waals surface area contributed by atoms with Crippen LogP contribution in [0.3, 0.4) is 0 Å². The van der Waals surface area contributed by atoms with Crippen LogP contribution in [0.1, 0.15) is 80.6 Å². The molecule has 0 radical (unpaired) electrons. The minimum Gasteiger partial charge on any atom is -0.507 e. The smallest absolute Gasteiger partial charge is 0.471 e. The van der Waals surface area contributed by atoms with E-state index in [-0.39, 0.29) is 27.8 Å². The normalized spacial score (nSPS) is 29.4. The number of aliphatic hydroxyl groups is 2. The Bertz CT molecular complexity index is 1500. The Hall–Kier alpha value is -3.85. The number of phenolic OH excluding ortho intramolecular Hbond substituents is 2. The maximum Gasteiger partial charge on any atom is 0.471 e. The molecule has 14 heteroatoms. The molecule has 218 valence electrons. The number of hydrogen-bond acceptors (Lipinski definition) is 10. The van der Waals surface area contributed by atoms with E-state index in [2.05, 4.69) is 0 Å². The van der Waals surface area contributed by atoms with Crippen molar-refractivity contribution in [3.8, 4) is 11.5 Å². The van der Waals surface area contributed by atoms with Crippen molar-refractivity contribution in [1.29, 1.82) is 0 Å². The molecule has 41 heavy (non-hydrogen) atoms. The van der Waals surface area contributed by atoms with Crippen LogP contribution in [0.4, 0.5) is 13.2 Å². The summed E-state index contributed by atoms with van der Waals surface area (Å²) in [6, 6.07) is 3.40. The molecular weight excluding hydrogens is 555 g/mol. The van der Waals surface area contributed by atoms with E-state index in [4.69, 9.17) is 9.47 Å². The number of alkyl halides is 3. The summed E-state index contributed by atoms with van der Waals surface area (Å²) in [5.74, 6) is -6.18. The van der Waals surface area contributed by atoms with Gasteiger partial charge < -0.3 is 35.2 Å². The number of rotatable bonds is 3. The van der Waals surface area contributed by atoms with Gasteiger partial charge in [0.1, 0.15) is 23.2 Å². The topological polar surface area (TPSA) is 180 Å². The number of fused-ring (bicyclic) bond motifs is 3. The summed E-state index contributed by atoms with van der Waals surface area (Å²) >= 11 is 0. The number of nitrogens with one attached hydrogen (secondary N) is 1. The minimum absolute atomic E-state index is 0.153. The molecule has 3 aliphatic rings. The van der Waals surface area contributed by atoms with Crippen LogP contribution < -0.4 is 5.32 Å². The fraction of sp³-hybridized carbons (Fsp3) is 0.407. The Balaban J connectivity index is 1.55. The second kappa shape index (κ2) is 9.62. The lowest BCUT2D eigenvalue weighted by molar-refractivity contribution is -0.248. The lowest BCUT2D eigenvalue weighted by atomic mass is 9.73. The molecule has 1 heterocycles. The number of halogens is 3. The number of aliphatic hydroxyl groups excluding tert-OH is 1. The maximum absolute atomic E-state index is 13.4. The van der Waals surface area contributed by atoms with Crippen molar-refractivity contribution < 1.29 is 62.2 Å². The molecule has 2 aliphatic carbocycles. The molecule has 5 N–H and O–H groups in total. The molecule has 6 atom stereocenters. The second-order valence-electron chi connectivity index (χ2n) is 10.5. The molecule has 2 aromatic rings. The van der Waals surface area contributed by atoms with Gasteiger partial charge in [0.15, 0.2) is 17.9 Å². The molecule has 2 aromatic carbocycles. The molecule has 1 aliphatic heterocycles. The lowest BCUT2D eigenvalue weighted by Gasteiger charge is -2.42. The van der Waals surface area contributed by atoms with Crippen molar-refractivity contribution in [2.75, 3.05) is 0 Å². The van der Waals surface area contributed by atoms with Gasteiger partial charge in [0, 0.05) is 35.1 Å². The van der Waals surface area contributed by atoms with Gasteiger partial charge >= 0.3 is 12.1 Å². The number of hydrogen-bond donors (Lipinski definition) is 5. The van der Waals surface area contributed by atoms with Gasteiger partial charge in [-0.05, 0) is 26.0 Å². The number of carbonyl (C=O) groups is 4. The van der Waals surface area contributed by atoms with Gasteiger partial charge in [-0.2, -0.15) is 13.2 Å². The van der Waals surface area contributed by atoms with E-state index < -0.39 is 95.6 Å². The van der Waals surface area contributed by atoms with Gasteiger partial charge in [-0.1, -0.05) is 12.1 Å². The van der Waals surface area contributed by atoms with E-state index in [0.717, 1.165) is 13.0 Å². The van der Waals surface area contributed by atoms with E-state index in [9.17, 15) is 52.8 Å². The second-order valence-corrected chi connectivity index (χ2v) is 10.5. The molecule has 0 aromatic heterocycles. The van der Waals surface area contributed by atoms with Gasteiger partial charge in [0.25, 0.3) is 0 Å². The number of carbonyl (C=O) groups excluding carboxylic acids is 4. The first kappa shape index (κ1) is 28.7. The standard InChI is InChI=1S/C27H24F3NO10/c1-9-20(33)13(31-25(38)27(28,29)30)7-16(40-9)41-15-8-26(2,39)24(37)12-6-11-19(23(36)18(12)15)22(35)17-10(21(11)34)4-3-5-14(17)32/h3-6,9,13,15-16,20,32-33,36,39H,7-8H2,1-2H3,(H,31,38)/t9-,13-,15-,16-,20+,26+/m0/s1. The Kier molecular flexibility index (Phi) is 6.72. The van der Waals surface area contributed by atoms with Crippen molar-refractivity contribution >= 4 is 23.3 Å². The van der Waals surface area contributed by atoms with E-state index in [0.29, 0.717) is 0 Å². The average Bonchev–Trinajstić information content (AvgIpc) is 2.87. The molecule has 11 nitrogen and oxygen atoms in total. The Morgan fingerprint density at radius 1 is 1.10 bits per heavy atom. The highest BCUT2D eigenvalue weighted by Crippen LogP contribution is 2.48. The predicted octanol–water partition coefficient (Wildman–Crippen LogP) is 1.81. The quantitative estimate of drug-likeness (QED) is 0.307. The Morgan fingerprint density at radius 3 is 2.44 bits per heavy atom. The van der Waals surface area contributed by atoms with E-state index in [1.807, 2.05) is 0 Å². The molecule has 5 rings (SSSR count). The van der Waals surface area contributed by atoms with Crippen LogP contribution in [0.15, 0.2) is 24.3 Å². The fourth-order valence-corrected chi connectivity index (χ4v) is 5.52. The lowest BCUT2D eigenvalue weighted by Crippen LogP contribution is -2.57. The van der Waals surface area contributed by atoms with Crippen molar-refractivity contribution in [3.63, 3.8) is 0 Å². The van der Waals surface area contributed by atoms with Crippen LogP contribution in [-0.4, -0.2) is 80.0 Å². The molecule has 0 saturated carbocycles. The number of ether oxygens (including phenoxy) is 2. The number of phenols is 2. The number of benzene rings is 2. The number of aromatic hydroxyl groups is 2. The van der Waals surface area contributed by atoms with Crippen molar-refractivity contribution in [2.24, 2.45) is 0 Å². The first-order valence-corrected chi connectivity index (χ1v) is 12.5. The van der Waals surface area contributed by atoms with Crippen molar-refractivity contribution in [2.45, 2.75) is 69.1 Å². The summed E-state index contributed by atoms with van der Waals surface area (Å²) in [5, 5.41) is 44.4. The summed E-state index contributed by atoms with van der Waals surface area (Å²) < 4.78 is 50.0. The van der Waals surface area contributed by atoms with Gasteiger partial charge in [-0.15, -0.1) is 0 Å². The zero-order chi connectivity index (χ0) is 30.2. The number of amides is 1. The Morgan fingerprint density at radius 2 is 1.78 bits per heavy atom. The van der Waals surface area contributed by atoms with Crippen LogP contribution in [0.25, 0.3) is 0 Å². The fourth-order valence-electron chi connectivity index (χ4n) is 5.52. The zero-order valence-electron chi connectivity index (χ0n) is 21.5. The third kappa shape index (κ3) is 4.66. The number of Topliss-reactive ketones (excluding diaryl/α,β-unsaturated/α-hetero) is 1. The van der Waals surface area contributed by atoms with Gasteiger partial charge in [0.05, 0.1) is 29.4 Å². The van der Waals surface area contributed by atoms with Gasteiger partial charge in [0.2, 0.25) is 5.78 Å². The average molecular weight is 579 g/mol. The molecule has 1 saturated heterocycles. The minimum atomic E-state index is -5.22. The number of ketones is 3. The van der Waals surface area contributed by atoms with Crippen LogP contribution in [0.5, 0.6) is 11.5 Å². The Labute approximate surface area is 229 Å². The van der Waals surface area contributed by atoms with E-state index in [1.165, 1.54) is 25.1 Å². The van der Waals surface area contributed by atoms with E-state index in [1.54, 1.807) is 5.32 Å². The molecule has 1 amide bonds. The largest absolute Gasteiger partial charge is 0.507 e. The molecular formula is C27H24F3NO10. The maximum atomic E-state index is 13.4. The third-order valence-corrected chi connectivity index (χ3v) is 7.56. The zero-order valence-corrected chi connectivity index (χ0v) is 21.5. The van der Waals surface area contributed by atoms with Gasteiger partial charge in [-0.3, -0.25) is 19.2 Å². The molecule has 0 spiro atoms. The first-order chi connectivity index (χ1) is 19.0. The van der Waals surface area contributed by atoms with Gasteiger partial charge in [-0.25, -0.2) is 0 Å². The predicted molar refractivity (Wildman–Crippen MR) is 129 cm³/mol. The van der Waals surface area contributed by atoms with Crippen LogP contribution in [0, 0.1) is 0 Å². The van der Waals surface area contributed by atoms with Crippen LogP contribution in [0.2, 0.25) is 0 Å². The summed E-state index contributed by atoms with van der Waals surface area (Å²) in [6.45, 7) is 2.48. The third-order valence-electron chi connectivity index (χ3n) is 7.56. The van der Waals surface area contributed by atoms with Crippen LogP contribution in [-0.2, 0) is 14.3 Å². The van der Waals surface area contributed by atoms with Crippen LogP contribution >= 0.6 is 0 Å². The summed E-state index contributed by atoms with van der Waals surface area (Å²) in [4.78, 5) is 51.3. The molecule has 0 bridgehead atoms. The summed E-state index contributed by atoms with van der Waals surface area (Å²) in [6.07, 6.45) is -11.7. The molecule has 0 unspecified atom stereocenters. The molecule has 1 fully saturated rings. The summed E-state index contributed by atoms with van der Waals surface area (Å²) in [7, 11) is 0. The highest BCUT2D eigenvalue weighted by atomic mass is 19.4. The van der Waals surface area contributed by atoms with Crippen molar-refractivity contribution in [3.05, 3.63) is 57.6 Å². The SMILES string of the molecule is C[C@@H]1O[C@@H](O[C@H]2C[C@@](C)(O)C(=O)c3cc4c(c(O)c32)C(=O)c2c(O)cccc2C4=O)C[C@H](NC(=O)C(F)(F)F)[C@@H]1O.